The molecule has 0 amide bonds. The van der Waals surface area contributed by atoms with Crippen molar-refractivity contribution < 1.29 is 0 Å². The smallest absolute Gasteiger partial charge is 0.0320 e. The van der Waals surface area contributed by atoms with Crippen LogP contribution in [-0.2, 0) is 0 Å². The predicted molar refractivity (Wildman–Crippen MR) is 50.8 cm³/mol. The Morgan fingerprint density at radius 3 is 2.58 bits per heavy atom. The molecule has 0 aromatic heterocycles. The monoisotopic (exact) mass is 162 g/mol. The molecule has 0 unspecified atom stereocenters. The zero-order chi connectivity index (χ0) is 8.39. The van der Waals surface area contributed by atoms with Gasteiger partial charge in [-0.15, -0.1) is 0 Å². The minimum Gasteiger partial charge on any atom is -0.399 e. The Kier molecular flexibility index (Phi) is 2.00. The Morgan fingerprint density at radius 2 is 2.00 bits per heavy atom. The molecule has 12 heavy (non-hydrogen) atoms. The molecular formula is C10H14N2. The maximum absolute atomic E-state index is 5.60. The Hall–Kier alpha value is -1.02. The van der Waals surface area contributed by atoms with Crippen LogP contribution in [-0.4, -0.2) is 6.54 Å². The molecule has 2 heteroatoms. The molecule has 1 aliphatic rings. The molecule has 1 aliphatic heterocycles. The van der Waals surface area contributed by atoms with Crippen LogP contribution in [0.25, 0.3) is 0 Å². The molecular weight excluding hydrogens is 148 g/mol. The van der Waals surface area contributed by atoms with Gasteiger partial charge in [0.15, 0.2) is 0 Å². The predicted octanol–water partition coefficient (Wildman–Crippen LogP) is 1.69. The van der Waals surface area contributed by atoms with Crippen LogP contribution in [0, 0.1) is 0 Å². The summed E-state index contributed by atoms with van der Waals surface area (Å²) in [4.78, 5) is 0. The molecule has 0 spiro atoms. The van der Waals surface area contributed by atoms with Gasteiger partial charge >= 0.3 is 0 Å². The molecule has 2 nitrogen and oxygen atoms in total. The van der Waals surface area contributed by atoms with Crippen LogP contribution in [0.4, 0.5) is 5.69 Å². The number of nitrogens with two attached hydrogens (primary N) is 1. The molecule has 1 saturated heterocycles. The number of hydrogen-bond acceptors (Lipinski definition) is 2. The second-order valence-electron chi connectivity index (χ2n) is 3.32. The van der Waals surface area contributed by atoms with Crippen molar-refractivity contribution >= 4 is 5.69 Å². The van der Waals surface area contributed by atoms with Crippen LogP contribution in [0.2, 0.25) is 0 Å². The summed E-state index contributed by atoms with van der Waals surface area (Å²) in [7, 11) is 0. The van der Waals surface area contributed by atoms with E-state index >= 15 is 0 Å². The summed E-state index contributed by atoms with van der Waals surface area (Å²) < 4.78 is 0. The molecule has 1 atom stereocenters. The number of hydrogen-bond donors (Lipinski definition) is 2. The number of benzene rings is 1. The van der Waals surface area contributed by atoms with Gasteiger partial charge in [0.2, 0.25) is 0 Å². The highest BCUT2D eigenvalue weighted by Crippen LogP contribution is 2.23. The molecule has 64 valence electrons. The van der Waals surface area contributed by atoms with Crippen molar-refractivity contribution in [3.05, 3.63) is 29.8 Å². The van der Waals surface area contributed by atoms with Gasteiger partial charge in [0, 0.05) is 11.7 Å². The molecule has 0 saturated carbocycles. The van der Waals surface area contributed by atoms with Gasteiger partial charge in [-0.25, -0.2) is 0 Å². The van der Waals surface area contributed by atoms with Crippen molar-refractivity contribution in [3.8, 4) is 0 Å². The molecule has 0 radical (unpaired) electrons. The lowest BCUT2D eigenvalue weighted by molar-refractivity contribution is 0.648. The highest BCUT2D eigenvalue weighted by Gasteiger charge is 2.14. The molecule has 1 aromatic rings. The van der Waals surface area contributed by atoms with Crippen LogP contribution >= 0.6 is 0 Å². The average molecular weight is 162 g/mol. The summed E-state index contributed by atoms with van der Waals surface area (Å²) in [6.07, 6.45) is 2.54. The molecule has 3 N–H and O–H groups in total. The third-order valence-electron chi connectivity index (χ3n) is 2.40. The van der Waals surface area contributed by atoms with Crippen LogP contribution in [0.3, 0.4) is 0 Å². The summed E-state index contributed by atoms with van der Waals surface area (Å²) in [6, 6.07) is 8.71. The van der Waals surface area contributed by atoms with Gasteiger partial charge in [-0.3, -0.25) is 0 Å². The lowest BCUT2D eigenvalue weighted by Crippen LogP contribution is -2.12. The zero-order valence-electron chi connectivity index (χ0n) is 7.09. The van der Waals surface area contributed by atoms with E-state index in [-0.39, 0.29) is 0 Å². The van der Waals surface area contributed by atoms with E-state index in [9.17, 15) is 0 Å². The maximum atomic E-state index is 5.60. The van der Waals surface area contributed by atoms with Crippen LogP contribution < -0.4 is 11.1 Å². The summed E-state index contributed by atoms with van der Waals surface area (Å²) in [5.74, 6) is 0. The maximum Gasteiger partial charge on any atom is 0.0320 e. The molecule has 2 rings (SSSR count). The average Bonchev–Trinajstić information content (AvgIpc) is 2.58. The normalized spacial score (nSPS) is 22.8. The van der Waals surface area contributed by atoms with Crippen molar-refractivity contribution in [2.75, 3.05) is 12.3 Å². The SMILES string of the molecule is Nc1ccc([C@@H]2CCCN2)cc1. The fourth-order valence-corrected chi connectivity index (χ4v) is 1.70. The van der Waals surface area contributed by atoms with Crippen LogP contribution in [0.1, 0.15) is 24.4 Å². The molecule has 1 fully saturated rings. The minimum absolute atomic E-state index is 0.561. The van der Waals surface area contributed by atoms with E-state index < -0.39 is 0 Å². The van der Waals surface area contributed by atoms with Gasteiger partial charge < -0.3 is 11.1 Å². The minimum atomic E-state index is 0.561. The van der Waals surface area contributed by atoms with E-state index in [1.165, 1.54) is 18.4 Å². The van der Waals surface area contributed by atoms with E-state index in [4.69, 9.17) is 5.73 Å². The van der Waals surface area contributed by atoms with E-state index in [1.807, 2.05) is 12.1 Å². The summed E-state index contributed by atoms with van der Waals surface area (Å²) in [5.41, 5.74) is 7.81. The summed E-state index contributed by atoms with van der Waals surface area (Å²) in [5, 5.41) is 3.45. The Balaban J connectivity index is 2.17. The van der Waals surface area contributed by atoms with Crippen molar-refractivity contribution in [1.82, 2.24) is 5.32 Å². The largest absolute Gasteiger partial charge is 0.399 e. The Labute approximate surface area is 72.8 Å². The van der Waals surface area contributed by atoms with Crippen LogP contribution in [0.5, 0.6) is 0 Å². The zero-order valence-corrected chi connectivity index (χ0v) is 7.09. The number of anilines is 1. The van der Waals surface area contributed by atoms with E-state index in [1.54, 1.807) is 0 Å². The fraction of sp³-hybridized carbons (Fsp3) is 0.400. The Morgan fingerprint density at radius 1 is 1.25 bits per heavy atom. The van der Waals surface area contributed by atoms with Crippen LogP contribution in [0.15, 0.2) is 24.3 Å². The molecule has 1 aromatic carbocycles. The first-order chi connectivity index (χ1) is 5.86. The number of rotatable bonds is 1. The molecule has 1 heterocycles. The lowest BCUT2D eigenvalue weighted by atomic mass is 10.1. The van der Waals surface area contributed by atoms with E-state index in [0.717, 1.165) is 12.2 Å². The quantitative estimate of drug-likeness (QED) is 0.617. The fourth-order valence-electron chi connectivity index (χ4n) is 1.70. The van der Waals surface area contributed by atoms with Crippen molar-refractivity contribution in [1.29, 1.82) is 0 Å². The standard InChI is InChI=1S/C10H14N2/c11-9-5-3-8(4-6-9)10-2-1-7-12-10/h3-6,10,12H,1-2,7,11H2/t10-/m0/s1. The first-order valence-electron chi connectivity index (χ1n) is 4.45. The van der Waals surface area contributed by atoms with Gasteiger partial charge in [-0.1, -0.05) is 12.1 Å². The van der Waals surface area contributed by atoms with Gasteiger partial charge in [0.05, 0.1) is 0 Å². The summed E-state index contributed by atoms with van der Waals surface area (Å²) >= 11 is 0. The third-order valence-corrected chi connectivity index (χ3v) is 2.40. The third kappa shape index (κ3) is 1.43. The Bertz CT molecular complexity index is 247. The summed E-state index contributed by atoms with van der Waals surface area (Å²) in [6.45, 7) is 1.15. The van der Waals surface area contributed by atoms with Gasteiger partial charge in [-0.05, 0) is 37.1 Å². The van der Waals surface area contributed by atoms with E-state index in [2.05, 4.69) is 17.4 Å². The first kappa shape index (κ1) is 7.62. The lowest BCUT2D eigenvalue weighted by Gasteiger charge is -2.09. The van der Waals surface area contributed by atoms with E-state index in [0.29, 0.717) is 6.04 Å². The van der Waals surface area contributed by atoms with Gasteiger partial charge in [0.25, 0.3) is 0 Å². The van der Waals surface area contributed by atoms with Crippen molar-refractivity contribution in [2.45, 2.75) is 18.9 Å². The topological polar surface area (TPSA) is 38.0 Å². The second kappa shape index (κ2) is 3.15. The highest BCUT2D eigenvalue weighted by atomic mass is 14.9. The first-order valence-corrected chi connectivity index (χ1v) is 4.45. The number of nitrogens with one attached hydrogen (secondary N) is 1. The van der Waals surface area contributed by atoms with Crippen molar-refractivity contribution in [3.63, 3.8) is 0 Å². The number of nitrogen functional groups attached to an aromatic ring is 1. The second-order valence-corrected chi connectivity index (χ2v) is 3.32. The van der Waals surface area contributed by atoms with Gasteiger partial charge in [0.1, 0.15) is 0 Å². The molecule has 0 aliphatic carbocycles. The van der Waals surface area contributed by atoms with Gasteiger partial charge in [-0.2, -0.15) is 0 Å². The highest BCUT2D eigenvalue weighted by molar-refractivity contribution is 5.40. The van der Waals surface area contributed by atoms with Crippen molar-refractivity contribution in [2.24, 2.45) is 0 Å². The molecule has 0 bridgehead atoms.